The standard InChI is InChI=1S/C16H23BrN2OS/c1-2-19-15(13-7-14(17)10-18-9-13)12-3-5-20-16(8-12)4-6-21-11-16/h7,9-10,12,15,19H,2-6,8,11H2,1H3. The second kappa shape index (κ2) is 6.99. The number of hydrogen-bond donors (Lipinski definition) is 1. The van der Waals surface area contributed by atoms with E-state index in [9.17, 15) is 0 Å². The molecular formula is C16H23BrN2OS. The molecule has 3 atom stereocenters. The van der Waals surface area contributed by atoms with Gasteiger partial charge in [0.05, 0.1) is 5.60 Å². The highest BCUT2D eigenvalue weighted by Crippen LogP contribution is 2.44. The van der Waals surface area contributed by atoms with Gasteiger partial charge < -0.3 is 10.1 Å². The van der Waals surface area contributed by atoms with Gasteiger partial charge in [-0.05, 0) is 65.0 Å². The molecule has 2 saturated heterocycles. The molecule has 0 amide bonds. The van der Waals surface area contributed by atoms with Crippen LogP contribution in [0.25, 0.3) is 0 Å². The van der Waals surface area contributed by atoms with E-state index in [4.69, 9.17) is 4.74 Å². The summed E-state index contributed by atoms with van der Waals surface area (Å²) in [5.74, 6) is 3.05. The van der Waals surface area contributed by atoms with Gasteiger partial charge in [-0.1, -0.05) is 6.92 Å². The summed E-state index contributed by atoms with van der Waals surface area (Å²) in [6.45, 7) is 4.06. The lowest BCUT2D eigenvalue weighted by Gasteiger charge is -2.41. The lowest BCUT2D eigenvalue weighted by Crippen LogP contribution is -2.43. The summed E-state index contributed by atoms with van der Waals surface area (Å²) in [6.07, 6.45) is 7.37. The van der Waals surface area contributed by atoms with E-state index < -0.39 is 0 Å². The van der Waals surface area contributed by atoms with Gasteiger partial charge in [-0.25, -0.2) is 0 Å². The highest BCUT2D eigenvalue weighted by Gasteiger charge is 2.42. The molecule has 0 aromatic carbocycles. The summed E-state index contributed by atoms with van der Waals surface area (Å²) >= 11 is 5.59. The zero-order chi connectivity index (χ0) is 14.7. The average Bonchev–Trinajstić information content (AvgIpc) is 2.92. The third kappa shape index (κ3) is 3.63. The SMILES string of the molecule is CCNC(c1cncc(Br)c1)C1CCOC2(CCSC2)C1. The Morgan fingerprint density at radius 3 is 3.19 bits per heavy atom. The van der Waals surface area contributed by atoms with E-state index in [1.54, 1.807) is 0 Å². The molecule has 2 aliphatic rings. The first-order valence-electron chi connectivity index (χ1n) is 7.78. The molecule has 1 aromatic rings. The number of ether oxygens (including phenoxy) is 1. The number of aromatic nitrogens is 1. The van der Waals surface area contributed by atoms with Crippen molar-refractivity contribution in [3.63, 3.8) is 0 Å². The van der Waals surface area contributed by atoms with E-state index in [2.05, 4.69) is 39.2 Å². The molecule has 2 fully saturated rings. The minimum absolute atomic E-state index is 0.140. The Morgan fingerprint density at radius 1 is 1.57 bits per heavy atom. The van der Waals surface area contributed by atoms with Crippen molar-refractivity contribution in [1.29, 1.82) is 0 Å². The van der Waals surface area contributed by atoms with Crippen molar-refractivity contribution in [2.75, 3.05) is 24.7 Å². The fourth-order valence-electron chi connectivity index (χ4n) is 3.59. The summed E-state index contributed by atoms with van der Waals surface area (Å²) in [5.41, 5.74) is 1.43. The van der Waals surface area contributed by atoms with Crippen LogP contribution in [0, 0.1) is 5.92 Å². The van der Waals surface area contributed by atoms with E-state index in [0.29, 0.717) is 12.0 Å². The maximum atomic E-state index is 6.17. The molecule has 3 unspecified atom stereocenters. The zero-order valence-electron chi connectivity index (χ0n) is 12.5. The third-order valence-electron chi connectivity index (χ3n) is 4.58. The molecule has 116 valence electrons. The summed E-state index contributed by atoms with van der Waals surface area (Å²) < 4.78 is 7.23. The zero-order valence-corrected chi connectivity index (χ0v) is 14.9. The van der Waals surface area contributed by atoms with Crippen LogP contribution in [0.15, 0.2) is 22.9 Å². The Morgan fingerprint density at radius 2 is 2.48 bits per heavy atom. The second-order valence-electron chi connectivity index (χ2n) is 6.06. The molecular weight excluding hydrogens is 348 g/mol. The fourth-order valence-corrected chi connectivity index (χ4v) is 5.35. The first kappa shape index (κ1) is 15.8. The smallest absolute Gasteiger partial charge is 0.0783 e. The van der Waals surface area contributed by atoms with Gasteiger partial charge in [0.1, 0.15) is 0 Å². The fraction of sp³-hybridized carbons (Fsp3) is 0.688. The highest BCUT2D eigenvalue weighted by molar-refractivity contribution is 9.10. The van der Waals surface area contributed by atoms with Crippen LogP contribution in [0.5, 0.6) is 0 Å². The molecule has 0 saturated carbocycles. The maximum Gasteiger partial charge on any atom is 0.0783 e. The number of pyridine rings is 1. The van der Waals surface area contributed by atoms with E-state index in [1.165, 1.54) is 29.9 Å². The quantitative estimate of drug-likeness (QED) is 0.873. The number of halogens is 1. The Bertz CT molecular complexity index is 479. The number of hydrogen-bond acceptors (Lipinski definition) is 4. The number of rotatable bonds is 4. The largest absolute Gasteiger partial charge is 0.374 e. The van der Waals surface area contributed by atoms with Crippen molar-refractivity contribution in [2.24, 2.45) is 5.92 Å². The number of thioether (sulfide) groups is 1. The predicted octanol–water partition coefficient (Wildman–Crippen LogP) is 3.80. The summed E-state index contributed by atoms with van der Waals surface area (Å²) in [4.78, 5) is 4.35. The van der Waals surface area contributed by atoms with Crippen molar-refractivity contribution in [3.8, 4) is 0 Å². The van der Waals surface area contributed by atoms with Crippen LogP contribution in [-0.2, 0) is 4.74 Å². The van der Waals surface area contributed by atoms with E-state index >= 15 is 0 Å². The van der Waals surface area contributed by atoms with Crippen LogP contribution in [0.1, 0.15) is 37.8 Å². The van der Waals surface area contributed by atoms with Crippen LogP contribution in [0.3, 0.4) is 0 Å². The molecule has 5 heteroatoms. The number of nitrogens with zero attached hydrogens (tertiary/aromatic N) is 1. The van der Waals surface area contributed by atoms with Gasteiger partial charge >= 0.3 is 0 Å². The molecule has 2 aliphatic heterocycles. The Hall–Kier alpha value is -0.100. The van der Waals surface area contributed by atoms with Gasteiger partial charge in [-0.2, -0.15) is 11.8 Å². The minimum Gasteiger partial charge on any atom is -0.374 e. The first-order valence-corrected chi connectivity index (χ1v) is 9.73. The Labute approximate surface area is 139 Å². The molecule has 0 aliphatic carbocycles. The first-order chi connectivity index (χ1) is 10.2. The van der Waals surface area contributed by atoms with Gasteiger partial charge in [0.25, 0.3) is 0 Å². The molecule has 1 spiro atoms. The Kier molecular flexibility index (Phi) is 5.25. The van der Waals surface area contributed by atoms with E-state index in [-0.39, 0.29) is 5.60 Å². The molecule has 3 nitrogen and oxygen atoms in total. The summed E-state index contributed by atoms with van der Waals surface area (Å²) in [7, 11) is 0. The summed E-state index contributed by atoms with van der Waals surface area (Å²) in [6, 6.07) is 2.58. The lowest BCUT2D eigenvalue weighted by atomic mass is 9.79. The monoisotopic (exact) mass is 370 g/mol. The molecule has 1 aromatic heterocycles. The van der Waals surface area contributed by atoms with Gasteiger partial charge in [-0.3, -0.25) is 4.98 Å². The highest BCUT2D eigenvalue weighted by atomic mass is 79.9. The molecule has 3 rings (SSSR count). The van der Waals surface area contributed by atoms with Crippen LogP contribution in [-0.4, -0.2) is 35.2 Å². The van der Waals surface area contributed by atoms with Crippen LogP contribution in [0.4, 0.5) is 0 Å². The molecule has 21 heavy (non-hydrogen) atoms. The van der Waals surface area contributed by atoms with Crippen molar-refractivity contribution < 1.29 is 4.74 Å². The minimum atomic E-state index is 0.140. The second-order valence-corrected chi connectivity index (χ2v) is 8.08. The van der Waals surface area contributed by atoms with Crippen molar-refractivity contribution in [2.45, 2.75) is 37.8 Å². The molecule has 3 heterocycles. The van der Waals surface area contributed by atoms with Crippen LogP contribution >= 0.6 is 27.7 Å². The topological polar surface area (TPSA) is 34.2 Å². The van der Waals surface area contributed by atoms with Gasteiger partial charge in [0, 0.05) is 35.3 Å². The number of nitrogens with one attached hydrogen (secondary N) is 1. The van der Waals surface area contributed by atoms with E-state index in [1.807, 2.05) is 24.2 Å². The Balaban J connectivity index is 1.80. The average molecular weight is 371 g/mol. The van der Waals surface area contributed by atoms with Crippen molar-refractivity contribution in [3.05, 3.63) is 28.5 Å². The molecule has 0 bridgehead atoms. The maximum absolute atomic E-state index is 6.17. The predicted molar refractivity (Wildman–Crippen MR) is 91.7 cm³/mol. The van der Waals surface area contributed by atoms with Crippen molar-refractivity contribution in [1.82, 2.24) is 10.3 Å². The van der Waals surface area contributed by atoms with Gasteiger partial charge in [0.2, 0.25) is 0 Å². The van der Waals surface area contributed by atoms with Gasteiger partial charge in [0.15, 0.2) is 0 Å². The summed E-state index contributed by atoms with van der Waals surface area (Å²) in [5, 5.41) is 3.68. The van der Waals surface area contributed by atoms with Crippen molar-refractivity contribution >= 4 is 27.7 Å². The molecule has 0 radical (unpaired) electrons. The normalized spacial score (nSPS) is 30.7. The lowest BCUT2D eigenvalue weighted by molar-refractivity contribution is -0.0853. The van der Waals surface area contributed by atoms with E-state index in [0.717, 1.165) is 24.0 Å². The third-order valence-corrected chi connectivity index (χ3v) is 6.24. The molecule has 1 N–H and O–H groups in total. The van der Waals surface area contributed by atoms with Crippen LogP contribution in [0.2, 0.25) is 0 Å². The van der Waals surface area contributed by atoms with Crippen LogP contribution < -0.4 is 5.32 Å². The van der Waals surface area contributed by atoms with Gasteiger partial charge in [-0.15, -0.1) is 0 Å².